The number of amides is 2. The normalized spacial score (nSPS) is 38.3. The lowest BCUT2D eigenvalue weighted by Crippen LogP contribution is -2.61. The van der Waals surface area contributed by atoms with Gasteiger partial charge in [-0.25, -0.2) is 0 Å². The van der Waals surface area contributed by atoms with Crippen molar-refractivity contribution < 1.29 is 64.3 Å². The highest BCUT2D eigenvalue weighted by Crippen LogP contribution is 2.25. The molecule has 2 saturated heterocycles. The largest absolute Gasteiger partial charge is 0.468 e. The highest BCUT2D eigenvalue weighted by atomic mass is 16.5. The van der Waals surface area contributed by atoms with Crippen molar-refractivity contribution in [1.82, 2.24) is 10.6 Å². The van der Waals surface area contributed by atoms with Crippen LogP contribution in [-0.2, 0) is 28.6 Å². The van der Waals surface area contributed by atoms with Gasteiger partial charge in [-0.05, 0) is 6.92 Å². The Bertz CT molecular complexity index is 738. The van der Waals surface area contributed by atoms with Gasteiger partial charge in [0.05, 0.1) is 38.4 Å². The predicted octanol–water partition coefficient (Wildman–Crippen LogP) is -5.75. The summed E-state index contributed by atoms with van der Waals surface area (Å²) in [6, 6.07) is -1.44. The van der Waals surface area contributed by atoms with Crippen molar-refractivity contribution in [3.8, 4) is 0 Å². The Labute approximate surface area is 200 Å². The number of carbonyl (C=O) groups is 3. The third-order valence-electron chi connectivity index (χ3n) is 6.08. The fraction of sp³-hybridized carbons (Fsp3) is 0.850. The quantitative estimate of drug-likeness (QED) is 0.131. The van der Waals surface area contributed by atoms with E-state index >= 15 is 0 Å². The first-order valence-electron chi connectivity index (χ1n) is 11.0. The van der Waals surface area contributed by atoms with E-state index in [1.807, 2.05) is 0 Å². The van der Waals surface area contributed by atoms with Crippen LogP contribution in [0.1, 0.15) is 19.8 Å². The predicted molar refractivity (Wildman–Crippen MR) is 112 cm³/mol. The summed E-state index contributed by atoms with van der Waals surface area (Å²) in [4.78, 5) is 36.7. The number of hydrogen-bond donors (Lipinski definition) is 9. The molecule has 2 aliphatic rings. The molecule has 0 aliphatic carbocycles. The third-order valence-corrected chi connectivity index (χ3v) is 6.08. The van der Waals surface area contributed by atoms with E-state index in [2.05, 4.69) is 15.4 Å². The average molecular weight is 510 g/mol. The van der Waals surface area contributed by atoms with Gasteiger partial charge in [-0.1, -0.05) is 0 Å². The molecule has 0 saturated carbocycles. The average Bonchev–Trinajstić information content (AvgIpc) is 2.83. The number of hydrogen-bond acceptors (Lipinski definition) is 13. The fourth-order valence-corrected chi connectivity index (χ4v) is 3.93. The van der Waals surface area contributed by atoms with Gasteiger partial charge in [0.25, 0.3) is 0 Å². The van der Waals surface area contributed by atoms with Crippen LogP contribution in [0.2, 0.25) is 0 Å². The summed E-state index contributed by atoms with van der Waals surface area (Å²) in [5.74, 6) is -2.49. The van der Waals surface area contributed by atoms with Crippen molar-refractivity contribution in [3.05, 3.63) is 0 Å². The Balaban J connectivity index is 2.12. The summed E-state index contributed by atoms with van der Waals surface area (Å²) in [7, 11) is 1.10. The Hall–Kier alpha value is -1.95. The van der Waals surface area contributed by atoms with E-state index in [-0.39, 0.29) is 0 Å². The van der Waals surface area contributed by atoms with Gasteiger partial charge in [-0.2, -0.15) is 0 Å². The van der Waals surface area contributed by atoms with Crippen molar-refractivity contribution in [3.63, 3.8) is 0 Å². The smallest absolute Gasteiger partial charge is 0.325 e. The molecule has 15 nitrogen and oxygen atoms in total. The van der Waals surface area contributed by atoms with Gasteiger partial charge in [-0.15, -0.1) is 0 Å². The van der Waals surface area contributed by atoms with Gasteiger partial charge < -0.3 is 60.6 Å². The molecule has 0 aromatic heterocycles. The van der Waals surface area contributed by atoms with Crippen molar-refractivity contribution in [2.75, 3.05) is 20.3 Å². The Morgan fingerprint density at radius 1 is 0.857 bits per heavy atom. The summed E-state index contributed by atoms with van der Waals surface area (Å²) in [6.07, 6.45) is -15.2. The summed E-state index contributed by atoms with van der Waals surface area (Å²) in [5, 5.41) is 74.0. The van der Waals surface area contributed by atoms with Crippen molar-refractivity contribution in [1.29, 1.82) is 0 Å². The first kappa shape index (κ1) is 29.3. The van der Waals surface area contributed by atoms with E-state index in [0.29, 0.717) is 0 Å². The molecule has 2 aliphatic heterocycles. The number of methoxy groups -OCH3 is 1. The first-order valence-corrected chi connectivity index (χ1v) is 11.0. The highest BCUT2D eigenvalue weighted by Gasteiger charge is 2.45. The van der Waals surface area contributed by atoms with Crippen LogP contribution in [0, 0.1) is 0 Å². The molecule has 11 atom stereocenters. The lowest BCUT2D eigenvalue weighted by Gasteiger charge is -2.41. The molecule has 1 unspecified atom stereocenters. The van der Waals surface area contributed by atoms with E-state index in [4.69, 9.17) is 9.47 Å². The summed E-state index contributed by atoms with van der Waals surface area (Å²) >= 11 is 0. The Morgan fingerprint density at radius 2 is 1.43 bits per heavy atom. The lowest BCUT2D eigenvalue weighted by molar-refractivity contribution is -0.231. The second-order valence-electron chi connectivity index (χ2n) is 8.57. The monoisotopic (exact) mass is 510 g/mol. The third kappa shape index (κ3) is 7.28. The lowest BCUT2D eigenvalue weighted by atomic mass is 9.91. The molecule has 0 spiro atoms. The molecule has 2 rings (SSSR count). The maximum absolute atomic E-state index is 12.7. The van der Waals surface area contributed by atoms with Crippen LogP contribution in [0.4, 0.5) is 0 Å². The van der Waals surface area contributed by atoms with Crippen molar-refractivity contribution in [2.24, 2.45) is 0 Å². The molecule has 35 heavy (non-hydrogen) atoms. The van der Waals surface area contributed by atoms with Crippen LogP contribution in [-0.4, -0.2) is 141 Å². The second-order valence-corrected chi connectivity index (χ2v) is 8.57. The van der Waals surface area contributed by atoms with Crippen LogP contribution >= 0.6 is 0 Å². The number of nitrogens with one attached hydrogen (secondary N) is 2. The standard InChI is InChI=1S/C20H34N2O13/c1-7-14(26)18(30)16(28)10(34-7)4-12(24)22-8(20(32)21-5-13(25)33-2)3-9-15(27)19(31)17(29)11(6-23)35-9/h7-11,14-19,23,26-31H,3-6H2,1-2H3,(H,21,32)(H,22,24)/t7-,8?,9-,10-,11+,14+,15-,16+,17-,18+,19+/m0/s1. The Morgan fingerprint density at radius 3 is 2.03 bits per heavy atom. The van der Waals surface area contributed by atoms with Crippen molar-refractivity contribution in [2.45, 2.75) is 86.8 Å². The van der Waals surface area contributed by atoms with Gasteiger partial charge in [0.1, 0.15) is 55.3 Å². The highest BCUT2D eigenvalue weighted by molar-refractivity contribution is 5.89. The summed E-state index contributed by atoms with van der Waals surface area (Å²) in [6.45, 7) is 0.200. The molecule has 9 N–H and O–H groups in total. The number of aliphatic hydroxyl groups excluding tert-OH is 7. The number of carbonyl (C=O) groups excluding carboxylic acids is 3. The number of ether oxygens (including phenoxy) is 3. The summed E-state index contributed by atoms with van der Waals surface area (Å²) < 4.78 is 15.2. The van der Waals surface area contributed by atoms with E-state index in [1.165, 1.54) is 6.92 Å². The zero-order valence-corrected chi connectivity index (χ0v) is 19.3. The van der Waals surface area contributed by atoms with Crippen LogP contribution in [0.3, 0.4) is 0 Å². The molecular weight excluding hydrogens is 476 g/mol. The number of rotatable bonds is 9. The molecule has 202 valence electrons. The Kier molecular flexibility index (Phi) is 10.7. The minimum absolute atomic E-state index is 0.438. The number of aliphatic hydroxyl groups is 7. The maximum Gasteiger partial charge on any atom is 0.325 e. The number of esters is 1. The van der Waals surface area contributed by atoms with E-state index in [9.17, 15) is 50.1 Å². The van der Waals surface area contributed by atoms with E-state index < -0.39 is 111 Å². The molecule has 15 heteroatoms. The van der Waals surface area contributed by atoms with Gasteiger partial charge in [0.2, 0.25) is 11.8 Å². The maximum atomic E-state index is 12.7. The summed E-state index contributed by atoms with van der Waals surface area (Å²) in [5.41, 5.74) is 0. The van der Waals surface area contributed by atoms with Crippen LogP contribution in [0.25, 0.3) is 0 Å². The topological polar surface area (TPSA) is 245 Å². The molecule has 0 bridgehead atoms. The SMILES string of the molecule is COC(=O)CNC(=O)C(C[C@@H]1O[C@H](CO)[C@H](O)[C@H](O)[C@H]1O)NC(=O)C[C@@H]1O[C@@H](C)[C@@H](O)[C@@H](O)[C@@H]1O. The van der Waals surface area contributed by atoms with Crippen LogP contribution in [0.5, 0.6) is 0 Å². The zero-order chi connectivity index (χ0) is 26.4. The van der Waals surface area contributed by atoms with Crippen LogP contribution in [0.15, 0.2) is 0 Å². The molecular formula is C20H34N2O13. The molecule has 2 heterocycles. The fourth-order valence-electron chi connectivity index (χ4n) is 3.93. The van der Waals surface area contributed by atoms with Crippen LogP contribution < -0.4 is 10.6 Å². The molecule has 0 radical (unpaired) electrons. The van der Waals surface area contributed by atoms with Crippen molar-refractivity contribution >= 4 is 17.8 Å². The van der Waals surface area contributed by atoms with E-state index in [1.54, 1.807) is 0 Å². The van der Waals surface area contributed by atoms with E-state index in [0.717, 1.165) is 7.11 Å². The van der Waals surface area contributed by atoms with Gasteiger partial charge in [0, 0.05) is 6.42 Å². The minimum atomic E-state index is -1.71. The molecule has 2 amide bonds. The molecule has 0 aromatic carbocycles. The first-order chi connectivity index (χ1) is 16.4. The van der Waals surface area contributed by atoms with Gasteiger partial charge >= 0.3 is 5.97 Å². The molecule has 0 aromatic rings. The zero-order valence-electron chi connectivity index (χ0n) is 19.3. The minimum Gasteiger partial charge on any atom is -0.468 e. The molecule has 2 fully saturated rings. The second kappa shape index (κ2) is 12.8. The van der Waals surface area contributed by atoms with Gasteiger partial charge in [0.15, 0.2) is 0 Å². The van der Waals surface area contributed by atoms with Gasteiger partial charge in [-0.3, -0.25) is 14.4 Å².